The molecule has 0 unspecified atom stereocenters. The van der Waals surface area contributed by atoms with Crippen molar-refractivity contribution in [3.05, 3.63) is 54.6 Å². The SMILES string of the molecule is O=C(CCc1nc(-c2ccncc2)no1)NCc1ccco1. The predicted octanol–water partition coefficient (Wildman–Crippen LogP) is 1.97. The van der Waals surface area contributed by atoms with Gasteiger partial charge >= 0.3 is 0 Å². The summed E-state index contributed by atoms with van der Waals surface area (Å²) >= 11 is 0. The van der Waals surface area contributed by atoms with Crippen LogP contribution in [0.3, 0.4) is 0 Å². The van der Waals surface area contributed by atoms with Gasteiger partial charge in [-0.3, -0.25) is 9.78 Å². The molecule has 0 aromatic carbocycles. The van der Waals surface area contributed by atoms with E-state index in [0.717, 1.165) is 5.56 Å². The van der Waals surface area contributed by atoms with Crippen molar-refractivity contribution < 1.29 is 13.7 Å². The van der Waals surface area contributed by atoms with E-state index in [1.54, 1.807) is 42.9 Å². The first kappa shape index (κ1) is 14.0. The molecule has 3 heterocycles. The molecule has 0 bridgehead atoms. The number of rotatable bonds is 6. The van der Waals surface area contributed by atoms with Crippen LogP contribution < -0.4 is 5.32 Å². The lowest BCUT2D eigenvalue weighted by atomic mass is 10.2. The predicted molar refractivity (Wildman–Crippen MR) is 76.4 cm³/mol. The largest absolute Gasteiger partial charge is 0.467 e. The van der Waals surface area contributed by atoms with E-state index < -0.39 is 0 Å². The Morgan fingerprint density at radius 2 is 2.09 bits per heavy atom. The summed E-state index contributed by atoms with van der Waals surface area (Å²) < 4.78 is 10.3. The maximum Gasteiger partial charge on any atom is 0.227 e. The Morgan fingerprint density at radius 3 is 2.86 bits per heavy atom. The summed E-state index contributed by atoms with van der Waals surface area (Å²) in [5.74, 6) is 1.54. The van der Waals surface area contributed by atoms with Crippen LogP contribution in [0.4, 0.5) is 0 Å². The fourth-order valence-corrected chi connectivity index (χ4v) is 1.88. The summed E-state index contributed by atoms with van der Waals surface area (Å²) in [6, 6.07) is 7.18. The van der Waals surface area contributed by atoms with Crippen LogP contribution in [0.1, 0.15) is 18.1 Å². The lowest BCUT2D eigenvalue weighted by Crippen LogP contribution is -2.22. The molecule has 0 saturated heterocycles. The van der Waals surface area contributed by atoms with Crippen LogP contribution in [-0.2, 0) is 17.8 Å². The molecule has 3 rings (SSSR count). The van der Waals surface area contributed by atoms with Gasteiger partial charge in [0.25, 0.3) is 0 Å². The highest BCUT2D eigenvalue weighted by molar-refractivity contribution is 5.75. The van der Waals surface area contributed by atoms with E-state index in [-0.39, 0.29) is 12.3 Å². The van der Waals surface area contributed by atoms with Gasteiger partial charge in [-0.05, 0) is 24.3 Å². The van der Waals surface area contributed by atoms with Gasteiger partial charge in [0, 0.05) is 30.8 Å². The minimum absolute atomic E-state index is 0.0972. The van der Waals surface area contributed by atoms with Crippen LogP contribution in [0.25, 0.3) is 11.4 Å². The Balaban J connectivity index is 1.49. The molecule has 0 radical (unpaired) electrons. The summed E-state index contributed by atoms with van der Waals surface area (Å²) in [6.45, 7) is 0.373. The molecule has 0 aliphatic heterocycles. The van der Waals surface area contributed by atoms with Crippen LogP contribution in [-0.4, -0.2) is 21.0 Å². The normalized spacial score (nSPS) is 10.5. The first-order valence-electron chi connectivity index (χ1n) is 6.83. The van der Waals surface area contributed by atoms with Crippen LogP contribution >= 0.6 is 0 Å². The van der Waals surface area contributed by atoms with E-state index >= 15 is 0 Å². The van der Waals surface area contributed by atoms with E-state index in [9.17, 15) is 4.79 Å². The molecule has 1 amide bonds. The highest BCUT2D eigenvalue weighted by Crippen LogP contribution is 2.14. The highest BCUT2D eigenvalue weighted by atomic mass is 16.5. The topological polar surface area (TPSA) is 94.0 Å². The van der Waals surface area contributed by atoms with Crippen molar-refractivity contribution in [1.82, 2.24) is 20.4 Å². The van der Waals surface area contributed by atoms with E-state index in [2.05, 4.69) is 20.4 Å². The Labute approximate surface area is 126 Å². The van der Waals surface area contributed by atoms with Gasteiger partial charge in [-0.1, -0.05) is 5.16 Å². The first-order chi connectivity index (χ1) is 10.8. The zero-order valence-corrected chi connectivity index (χ0v) is 11.7. The number of aryl methyl sites for hydroxylation is 1. The van der Waals surface area contributed by atoms with Crippen molar-refractivity contribution >= 4 is 5.91 Å². The molecule has 1 N–H and O–H groups in total. The summed E-state index contributed by atoms with van der Waals surface area (Å²) in [5.41, 5.74) is 0.826. The third kappa shape index (κ3) is 3.57. The summed E-state index contributed by atoms with van der Waals surface area (Å²) in [6.07, 6.45) is 5.56. The number of hydrogen-bond donors (Lipinski definition) is 1. The van der Waals surface area contributed by atoms with Gasteiger partial charge in [-0.25, -0.2) is 0 Å². The second-order valence-electron chi connectivity index (χ2n) is 4.60. The van der Waals surface area contributed by atoms with Crippen molar-refractivity contribution in [2.45, 2.75) is 19.4 Å². The molecule has 3 aromatic heterocycles. The molecule has 7 heteroatoms. The number of aromatic nitrogens is 3. The average Bonchev–Trinajstić information content (AvgIpc) is 3.23. The summed E-state index contributed by atoms with van der Waals surface area (Å²) in [4.78, 5) is 19.9. The van der Waals surface area contributed by atoms with Crippen LogP contribution in [0.5, 0.6) is 0 Å². The molecule has 0 spiro atoms. The monoisotopic (exact) mass is 298 g/mol. The second kappa shape index (κ2) is 6.66. The summed E-state index contributed by atoms with van der Waals surface area (Å²) in [7, 11) is 0. The molecule has 3 aromatic rings. The van der Waals surface area contributed by atoms with Crippen molar-refractivity contribution in [3.8, 4) is 11.4 Å². The standard InChI is InChI=1S/C15H14N4O3/c20-13(17-10-12-2-1-9-21-12)3-4-14-18-15(19-22-14)11-5-7-16-8-6-11/h1-2,5-9H,3-4,10H2,(H,17,20). The number of furan rings is 1. The van der Waals surface area contributed by atoms with Crippen LogP contribution in [0, 0.1) is 0 Å². The Hall–Kier alpha value is -2.96. The van der Waals surface area contributed by atoms with Gasteiger partial charge in [0.15, 0.2) is 0 Å². The quantitative estimate of drug-likeness (QED) is 0.747. The van der Waals surface area contributed by atoms with Gasteiger partial charge in [-0.15, -0.1) is 0 Å². The van der Waals surface area contributed by atoms with Gasteiger partial charge in [0.05, 0.1) is 12.8 Å². The van der Waals surface area contributed by atoms with E-state index in [4.69, 9.17) is 8.94 Å². The smallest absolute Gasteiger partial charge is 0.227 e. The number of pyridine rings is 1. The van der Waals surface area contributed by atoms with Crippen molar-refractivity contribution in [1.29, 1.82) is 0 Å². The van der Waals surface area contributed by atoms with Crippen LogP contribution in [0.15, 0.2) is 51.9 Å². The lowest BCUT2D eigenvalue weighted by molar-refractivity contribution is -0.121. The minimum atomic E-state index is -0.0972. The summed E-state index contributed by atoms with van der Waals surface area (Å²) in [5, 5.41) is 6.65. The van der Waals surface area contributed by atoms with E-state index in [1.165, 1.54) is 0 Å². The number of nitrogens with zero attached hydrogens (tertiary/aromatic N) is 3. The second-order valence-corrected chi connectivity index (χ2v) is 4.60. The molecule has 0 fully saturated rings. The van der Waals surface area contributed by atoms with E-state index in [1.807, 2.05) is 0 Å². The average molecular weight is 298 g/mol. The zero-order valence-electron chi connectivity index (χ0n) is 11.7. The molecule has 0 aliphatic rings. The maximum absolute atomic E-state index is 11.7. The van der Waals surface area contributed by atoms with Crippen molar-refractivity contribution in [2.75, 3.05) is 0 Å². The Morgan fingerprint density at radius 1 is 1.23 bits per heavy atom. The van der Waals surface area contributed by atoms with Gasteiger partial charge < -0.3 is 14.3 Å². The molecule has 0 saturated carbocycles. The van der Waals surface area contributed by atoms with E-state index in [0.29, 0.717) is 30.4 Å². The Kier molecular flexibility index (Phi) is 4.24. The zero-order chi connectivity index (χ0) is 15.2. The number of hydrogen-bond acceptors (Lipinski definition) is 6. The fraction of sp³-hybridized carbons (Fsp3) is 0.200. The van der Waals surface area contributed by atoms with Crippen molar-refractivity contribution in [2.24, 2.45) is 0 Å². The fourth-order valence-electron chi connectivity index (χ4n) is 1.88. The lowest BCUT2D eigenvalue weighted by Gasteiger charge is -2.01. The number of amides is 1. The molecule has 112 valence electrons. The first-order valence-corrected chi connectivity index (χ1v) is 6.83. The third-order valence-electron chi connectivity index (χ3n) is 3.01. The number of nitrogens with one attached hydrogen (secondary N) is 1. The highest BCUT2D eigenvalue weighted by Gasteiger charge is 2.10. The molecular formula is C15H14N4O3. The molecule has 0 aliphatic carbocycles. The molecular weight excluding hydrogens is 284 g/mol. The molecule has 7 nitrogen and oxygen atoms in total. The van der Waals surface area contributed by atoms with Gasteiger partial charge in [0.1, 0.15) is 5.76 Å². The number of carbonyl (C=O) groups is 1. The molecule has 22 heavy (non-hydrogen) atoms. The van der Waals surface area contributed by atoms with Gasteiger partial charge in [-0.2, -0.15) is 4.98 Å². The molecule has 0 atom stereocenters. The van der Waals surface area contributed by atoms with Crippen LogP contribution in [0.2, 0.25) is 0 Å². The third-order valence-corrected chi connectivity index (χ3v) is 3.01. The Bertz CT molecular complexity index is 722. The minimum Gasteiger partial charge on any atom is -0.467 e. The van der Waals surface area contributed by atoms with Crippen molar-refractivity contribution in [3.63, 3.8) is 0 Å². The van der Waals surface area contributed by atoms with Gasteiger partial charge in [0.2, 0.25) is 17.6 Å². The maximum atomic E-state index is 11.7. The number of carbonyl (C=O) groups excluding carboxylic acids is 1.